The lowest BCUT2D eigenvalue weighted by molar-refractivity contribution is 0.215. The summed E-state index contributed by atoms with van der Waals surface area (Å²) in [5, 5.41) is 12.9. The number of rotatable bonds is 6. The summed E-state index contributed by atoms with van der Waals surface area (Å²) in [4.78, 5) is 0. The molecule has 0 aromatic heterocycles. The molecule has 18 heavy (non-hydrogen) atoms. The molecule has 0 aliphatic rings. The van der Waals surface area contributed by atoms with E-state index >= 15 is 0 Å². The zero-order valence-corrected chi connectivity index (χ0v) is 12.3. The molecule has 0 spiro atoms. The Hall–Kier alpha value is -0.860. The van der Waals surface area contributed by atoms with Gasteiger partial charge in [0.25, 0.3) is 0 Å². The van der Waals surface area contributed by atoms with Gasteiger partial charge < -0.3 is 10.4 Å². The van der Waals surface area contributed by atoms with Gasteiger partial charge in [-0.05, 0) is 49.8 Å². The van der Waals surface area contributed by atoms with E-state index in [1.54, 1.807) is 0 Å². The van der Waals surface area contributed by atoms with Crippen LogP contribution in [-0.4, -0.2) is 17.8 Å². The van der Waals surface area contributed by atoms with Crippen molar-refractivity contribution in [1.29, 1.82) is 0 Å². The third-order valence-electron chi connectivity index (χ3n) is 3.49. The van der Waals surface area contributed by atoms with Crippen molar-refractivity contribution in [2.75, 3.05) is 6.61 Å². The van der Waals surface area contributed by atoms with E-state index in [1.165, 1.54) is 16.7 Å². The quantitative estimate of drug-likeness (QED) is 0.810. The van der Waals surface area contributed by atoms with Crippen molar-refractivity contribution in [3.05, 3.63) is 34.9 Å². The predicted octanol–water partition coefficient (Wildman–Crippen LogP) is 3.36. The fourth-order valence-corrected chi connectivity index (χ4v) is 2.25. The second kappa shape index (κ2) is 6.91. The van der Waals surface area contributed by atoms with Gasteiger partial charge in [-0.1, -0.05) is 32.0 Å². The molecule has 0 bridgehead atoms. The Morgan fingerprint density at radius 1 is 1.11 bits per heavy atom. The van der Waals surface area contributed by atoms with Crippen LogP contribution in [-0.2, 0) is 0 Å². The molecule has 102 valence electrons. The zero-order chi connectivity index (χ0) is 13.7. The van der Waals surface area contributed by atoms with Gasteiger partial charge in [0, 0.05) is 12.1 Å². The molecule has 1 aromatic rings. The Kier molecular flexibility index (Phi) is 5.83. The minimum absolute atomic E-state index is 0.182. The van der Waals surface area contributed by atoms with Crippen LogP contribution < -0.4 is 5.32 Å². The fraction of sp³-hybridized carbons (Fsp3) is 0.625. The van der Waals surface area contributed by atoms with Crippen LogP contribution >= 0.6 is 0 Å². The summed E-state index contributed by atoms with van der Waals surface area (Å²) in [6.45, 7) is 11.0. The van der Waals surface area contributed by atoms with E-state index in [0.717, 1.165) is 6.42 Å². The summed E-state index contributed by atoms with van der Waals surface area (Å²) in [6, 6.07) is 7.03. The first-order valence-corrected chi connectivity index (χ1v) is 6.88. The average molecular weight is 249 g/mol. The van der Waals surface area contributed by atoms with Crippen molar-refractivity contribution in [2.45, 2.75) is 53.1 Å². The van der Waals surface area contributed by atoms with Crippen molar-refractivity contribution in [3.8, 4) is 0 Å². The first-order valence-electron chi connectivity index (χ1n) is 6.88. The molecular formula is C16H27NO. The molecule has 2 nitrogen and oxygen atoms in total. The first kappa shape index (κ1) is 15.2. The lowest BCUT2D eigenvalue weighted by Gasteiger charge is -2.24. The minimum Gasteiger partial charge on any atom is -0.395 e. The highest BCUT2D eigenvalue weighted by Gasteiger charge is 2.14. The number of benzene rings is 1. The van der Waals surface area contributed by atoms with E-state index in [-0.39, 0.29) is 18.7 Å². The second-order valence-electron chi connectivity index (χ2n) is 5.74. The standard InChI is InChI=1S/C16H27NO/c1-11(2)8-16(10-18)17-14(5)15-7-6-12(3)13(4)9-15/h6-7,9,11,14,16-18H,8,10H2,1-5H3. The summed E-state index contributed by atoms with van der Waals surface area (Å²) in [5.74, 6) is 0.599. The van der Waals surface area contributed by atoms with Crippen molar-refractivity contribution >= 4 is 0 Å². The Morgan fingerprint density at radius 2 is 1.78 bits per heavy atom. The van der Waals surface area contributed by atoms with Crippen LogP contribution in [0.4, 0.5) is 0 Å². The van der Waals surface area contributed by atoms with Crippen molar-refractivity contribution in [3.63, 3.8) is 0 Å². The topological polar surface area (TPSA) is 32.3 Å². The number of aryl methyl sites for hydroxylation is 2. The lowest BCUT2D eigenvalue weighted by atomic mass is 9.99. The van der Waals surface area contributed by atoms with E-state index in [0.29, 0.717) is 5.92 Å². The number of hydrogen-bond acceptors (Lipinski definition) is 2. The van der Waals surface area contributed by atoms with E-state index < -0.39 is 0 Å². The lowest BCUT2D eigenvalue weighted by Crippen LogP contribution is -2.35. The summed E-state index contributed by atoms with van der Waals surface area (Å²) < 4.78 is 0. The molecule has 0 saturated carbocycles. The Balaban J connectivity index is 2.68. The molecule has 2 N–H and O–H groups in total. The molecule has 0 aliphatic heterocycles. The normalized spacial score (nSPS) is 14.8. The van der Waals surface area contributed by atoms with Crippen molar-refractivity contribution in [1.82, 2.24) is 5.32 Å². The average Bonchev–Trinajstić information content (AvgIpc) is 2.31. The molecule has 2 heteroatoms. The zero-order valence-electron chi connectivity index (χ0n) is 12.3. The maximum Gasteiger partial charge on any atom is 0.0584 e. The van der Waals surface area contributed by atoms with Gasteiger partial charge in [0.05, 0.1) is 6.61 Å². The minimum atomic E-state index is 0.182. The van der Waals surface area contributed by atoms with Crippen molar-refractivity contribution < 1.29 is 5.11 Å². The highest BCUT2D eigenvalue weighted by Crippen LogP contribution is 2.18. The van der Waals surface area contributed by atoms with Gasteiger partial charge >= 0.3 is 0 Å². The predicted molar refractivity (Wildman–Crippen MR) is 77.8 cm³/mol. The van der Waals surface area contributed by atoms with Crippen LogP contribution in [0, 0.1) is 19.8 Å². The summed E-state index contributed by atoms with van der Waals surface area (Å²) >= 11 is 0. The maximum absolute atomic E-state index is 9.41. The molecule has 1 rings (SSSR count). The number of aliphatic hydroxyl groups is 1. The van der Waals surface area contributed by atoms with Gasteiger partial charge in [-0.2, -0.15) is 0 Å². The van der Waals surface area contributed by atoms with Gasteiger partial charge in [0.1, 0.15) is 0 Å². The second-order valence-corrected chi connectivity index (χ2v) is 5.74. The van der Waals surface area contributed by atoms with Crippen LogP contribution in [0.25, 0.3) is 0 Å². The summed E-state index contributed by atoms with van der Waals surface area (Å²) in [6.07, 6.45) is 1.01. The Labute approximate surface area is 111 Å². The van der Waals surface area contributed by atoms with E-state index in [1.807, 2.05) is 0 Å². The van der Waals surface area contributed by atoms with Crippen LogP contribution in [0.5, 0.6) is 0 Å². The molecule has 0 radical (unpaired) electrons. The molecule has 0 aliphatic carbocycles. The van der Waals surface area contributed by atoms with Crippen LogP contribution in [0.1, 0.15) is 49.9 Å². The maximum atomic E-state index is 9.41. The molecule has 0 saturated heterocycles. The highest BCUT2D eigenvalue weighted by atomic mass is 16.3. The van der Waals surface area contributed by atoms with E-state index in [2.05, 4.69) is 58.1 Å². The SMILES string of the molecule is Cc1ccc(C(C)NC(CO)CC(C)C)cc1C. The third-order valence-corrected chi connectivity index (χ3v) is 3.49. The largest absolute Gasteiger partial charge is 0.395 e. The van der Waals surface area contributed by atoms with Gasteiger partial charge in [0.2, 0.25) is 0 Å². The number of hydrogen-bond donors (Lipinski definition) is 2. The van der Waals surface area contributed by atoms with E-state index in [4.69, 9.17) is 0 Å². The smallest absolute Gasteiger partial charge is 0.0584 e. The summed E-state index contributed by atoms with van der Waals surface area (Å²) in [5.41, 5.74) is 3.94. The number of aliphatic hydroxyl groups excluding tert-OH is 1. The molecule has 1 aromatic carbocycles. The van der Waals surface area contributed by atoms with Gasteiger partial charge in [0.15, 0.2) is 0 Å². The van der Waals surface area contributed by atoms with E-state index in [9.17, 15) is 5.11 Å². The molecule has 2 atom stereocenters. The van der Waals surface area contributed by atoms with Crippen LogP contribution in [0.3, 0.4) is 0 Å². The Bertz CT molecular complexity index is 373. The third kappa shape index (κ3) is 4.43. The summed E-state index contributed by atoms with van der Waals surface area (Å²) in [7, 11) is 0. The van der Waals surface area contributed by atoms with Crippen molar-refractivity contribution in [2.24, 2.45) is 5.92 Å². The molecule has 0 heterocycles. The monoisotopic (exact) mass is 249 g/mol. The fourth-order valence-electron chi connectivity index (χ4n) is 2.25. The number of nitrogens with one attached hydrogen (secondary N) is 1. The molecular weight excluding hydrogens is 222 g/mol. The van der Waals surface area contributed by atoms with Gasteiger partial charge in [-0.3, -0.25) is 0 Å². The van der Waals surface area contributed by atoms with Crippen LogP contribution in [0.15, 0.2) is 18.2 Å². The van der Waals surface area contributed by atoms with Crippen LogP contribution in [0.2, 0.25) is 0 Å². The molecule has 2 unspecified atom stereocenters. The molecule has 0 fully saturated rings. The Morgan fingerprint density at radius 3 is 2.28 bits per heavy atom. The first-order chi connectivity index (χ1) is 8.43. The molecule has 0 amide bonds. The highest BCUT2D eigenvalue weighted by molar-refractivity contribution is 5.31. The van der Waals surface area contributed by atoms with Gasteiger partial charge in [-0.15, -0.1) is 0 Å². The van der Waals surface area contributed by atoms with Gasteiger partial charge in [-0.25, -0.2) is 0 Å².